The molecule has 8 heteroatoms. The molecule has 1 amide bonds. The van der Waals surface area contributed by atoms with Crippen molar-refractivity contribution in [2.75, 3.05) is 19.0 Å². The molecule has 0 aliphatic rings. The molecule has 0 spiro atoms. The van der Waals surface area contributed by atoms with Crippen LogP contribution in [0.3, 0.4) is 0 Å². The highest BCUT2D eigenvalue weighted by Crippen LogP contribution is 2.20. The highest BCUT2D eigenvalue weighted by Gasteiger charge is 2.17. The van der Waals surface area contributed by atoms with Crippen molar-refractivity contribution in [2.24, 2.45) is 0 Å². The van der Waals surface area contributed by atoms with Gasteiger partial charge in [0.1, 0.15) is 12.2 Å². The van der Waals surface area contributed by atoms with Gasteiger partial charge in [0.2, 0.25) is 17.6 Å². The lowest BCUT2D eigenvalue weighted by Crippen LogP contribution is -2.17. The molecule has 3 rings (SSSR count). The summed E-state index contributed by atoms with van der Waals surface area (Å²) >= 11 is 0. The van der Waals surface area contributed by atoms with Gasteiger partial charge in [-0.05, 0) is 43.3 Å². The average Bonchev–Trinajstić information content (AvgIpc) is 3.17. The molecule has 144 valence electrons. The number of aromatic nitrogens is 2. The summed E-state index contributed by atoms with van der Waals surface area (Å²) < 4.78 is 15.3. The van der Waals surface area contributed by atoms with Crippen molar-refractivity contribution in [3.05, 3.63) is 60.0 Å². The van der Waals surface area contributed by atoms with E-state index in [0.29, 0.717) is 17.3 Å². The number of para-hydroxylation sites is 1. The van der Waals surface area contributed by atoms with Gasteiger partial charge in [-0.15, -0.1) is 0 Å². The van der Waals surface area contributed by atoms with Crippen LogP contribution < -0.4 is 10.1 Å². The van der Waals surface area contributed by atoms with E-state index < -0.39 is 5.97 Å². The van der Waals surface area contributed by atoms with Crippen LogP contribution in [0, 0.1) is 0 Å². The van der Waals surface area contributed by atoms with E-state index in [2.05, 4.69) is 15.5 Å². The van der Waals surface area contributed by atoms with Crippen LogP contribution in [0.1, 0.15) is 23.2 Å². The Labute approximate surface area is 161 Å². The lowest BCUT2D eigenvalue weighted by Gasteiger charge is -2.09. The molecule has 1 heterocycles. The predicted molar refractivity (Wildman–Crippen MR) is 101 cm³/mol. The molecule has 8 nitrogen and oxygen atoms in total. The summed E-state index contributed by atoms with van der Waals surface area (Å²) in [4.78, 5) is 28.6. The summed E-state index contributed by atoms with van der Waals surface area (Å²) in [6.45, 7) is 1.96. The Morgan fingerprint density at radius 1 is 1.11 bits per heavy atom. The Hall–Kier alpha value is -3.68. The largest absolute Gasteiger partial charge is 0.497 e. The molecule has 0 aliphatic heterocycles. The summed E-state index contributed by atoms with van der Waals surface area (Å²) in [6, 6.07) is 13.8. The summed E-state index contributed by atoms with van der Waals surface area (Å²) in [5, 5.41) is 6.57. The number of carbonyl (C=O) groups is 2. The van der Waals surface area contributed by atoms with Crippen LogP contribution in [0.25, 0.3) is 11.4 Å². The van der Waals surface area contributed by atoms with E-state index in [0.717, 1.165) is 5.56 Å². The maximum atomic E-state index is 12.3. The van der Waals surface area contributed by atoms with Crippen molar-refractivity contribution < 1.29 is 23.6 Å². The number of hydrogen-bond donors (Lipinski definition) is 1. The molecule has 1 aromatic heterocycles. The number of nitrogens with one attached hydrogen (secondary N) is 1. The van der Waals surface area contributed by atoms with Crippen molar-refractivity contribution in [1.29, 1.82) is 0 Å². The van der Waals surface area contributed by atoms with Crippen molar-refractivity contribution in [1.82, 2.24) is 10.1 Å². The Bertz CT molecular complexity index is 966. The molecule has 28 heavy (non-hydrogen) atoms. The third kappa shape index (κ3) is 4.53. The number of methoxy groups -OCH3 is 1. The fourth-order valence-corrected chi connectivity index (χ4v) is 2.49. The van der Waals surface area contributed by atoms with E-state index in [9.17, 15) is 9.59 Å². The van der Waals surface area contributed by atoms with Gasteiger partial charge in [0.05, 0.1) is 25.0 Å². The number of benzene rings is 2. The van der Waals surface area contributed by atoms with Crippen molar-refractivity contribution in [3.63, 3.8) is 0 Å². The van der Waals surface area contributed by atoms with Gasteiger partial charge in [0, 0.05) is 5.56 Å². The lowest BCUT2D eigenvalue weighted by atomic mass is 10.1. The molecular formula is C20H19N3O5. The summed E-state index contributed by atoms with van der Waals surface area (Å²) in [6.07, 6.45) is -0.125. The minimum absolute atomic E-state index is 0.125. The van der Waals surface area contributed by atoms with Gasteiger partial charge in [0.15, 0.2) is 0 Å². The fraction of sp³-hybridized carbons (Fsp3) is 0.200. The van der Waals surface area contributed by atoms with Crippen LogP contribution in [0.4, 0.5) is 5.69 Å². The average molecular weight is 381 g/mol. The Morgan fingerprint density at radius 3 is 2.57 bits per heavy atom. The third-order valence-corrected chi connectivity index (χ3v) is 3.82. The zero-order valence-corrected chi connectivity index (χ0v) is 15.5. The van der Waals surface area contributed by atoms with E-state index >= 15 is 0 Å². The van der Waals surface area contributed by atoms with Crippen LogP contribution in [0.5, 0.6) is 5.75 Å². The zero-order chi connectivity index (χ0) is 19.9. The second-order valence-electron chi connectivity index (χ2n) is 5.73. The highest BCUT2D eigenvalue weighted by molar-refractivity contribution is 6.01. The molecule has 3 aromatic rings. The number of hydrogen-bond acceptors (Lipinski definition) is 7. The van der Waals surface area contributed by atoms with E-state index in [-0.39, 0.29) is 30.4 Å². The first-order chi connectivity index (χ1) is 13.6. The first kappa shape index (κ1) is 19.1. The fourth-order valence-electron chi connectivity index (χ4n) is 2.49. The van der Waals surface area contributed by atoms with Crippen molar-refractivity contribution in [2.45, 2.75) is 13.3 Å². The third-order valence-electron chi connectivity index (χ3n) is 3.82. The number of carbonyl (C=O) groups excluding carboxylic acids is 2. The van der Waals surface area contributed by atoms with Gasteiger partial charge in [-0.25, -0.2) is 4.79 Å². The second kappa shape index (κ2) is 8.81. The predicted octanol–water partition coefficient (Wildman–Crippen LogP) is 3.10. The maximum absolute atomic E-state index is 12.3. The molecule has 0 fully saturated rings. The van der Waals surface area contributed by atoms with Gasteiger partial charge < -0.3 is 19.3 Å². The molecule has 0 unspecified atom stereocenters. The first-order valence-corrected chi connectivity index (χ1v) is 8.63. The Balaban J connectivity index is 1.68. The highest BCUT2D eigenvalue weighted by atomic mass is 16.5. The van der Waals surface area contributed by atoms with Crippen molar-refractivity contribution >= 4 is 17.6 Å². The second-order valence-corrected chi connectivity index (χ2v) is 5.73. The van der Waals surface area contributed by atoms with E-state index in [1.165, 1.54) is 0 Å². The summed E-state index contributed by atoms with van der Waals surface area (Å²) in [5.41, 5.74) is 1.38. The van der Waals surface area contributed by atoms with Crippen molar-refractivity contribution in [3.8, 4) is 17.1 Å². The Morgan fingerprint density at radius 2 is 1.86 bits per heavy atom. The minimum Gasteiger partial charge on any atom is -0.497 e. The molecule has 1 N–H and O–H groups in total. The van der Waals surface area contributed by atoms with Gasteiger partial charge in [0.25, 0.3) is 0 Å². The van der Waals surface area contributed by atoms with Crippen LogP contribution >= 0.6 is 0 Å². The summed E-state index contributed by atoms with van der Waals surface area (Å²) in [7, 11) is 1.58. The number of amides is 1. The number of ether oxygens (including phenoxy) is 2. The van der Waals surface area contributed by atoms with E-state index in [4.69, 9.17) is 14.0 Å². The number of nitrogens with zero attached hydrogens (tertiary/aromatic N) is 2. The number of rotatable bonds is 7. The molecule has 0 bridgehead atoms. The SMILES string of the molecule is CCOC(=O)c1ccccc1NC(=O)Cc1nc(-c2ccc(OC)cc2)no1. The van der Waals surface area contributed by atoms with Crippen LogP contribution in [0.15, 0.2) is 53.1 Å². The first-order valence-electron chi connectivity index (χ1n) is 8.63. The van der Waals surface area contributed by atoms with Gasteiger partial charge in [-0.3, -0.25) is 4.79 Å². The zero-order valence-electron chi connectivity index (χ0n) is 15.5. The summed E-state index contributed by atoms with van der Waals surface area (Å²) in [5.74, 6) is 0.362. The molecule has 2 aromatic carbocycles. The normalized spacial score (nSPS) is 10.4. The number of anilines is 1. The maximum Gasteiger partial charge on any atom is 0.340 e. The van der Waals surface area contributed by atoms with Gasteiger partial charge in [-0.1, -0.05) is 17.3 Å². The molecule has 0 aliphatic carbocycles. The minimum atomic E-state index is -0.502. The number of esters is 1. The van der Waals surface area contributed by atoms with Gasteiger partial charge >= 0.3 is 5.97 Å². The Kier molecular flexibility index (Phi) is 6.01. The standard InChI is InChI=1S/C20H19N3O5/c1-3-27-20(25)15-6-4-5-7-16(15)21-17(24)12-18-22-19(23-28-18)13-8-10-14(26-2)11-9-13/h4-11H,3,12H2,1-2H3,(H,21,24). The van der Waals surface area contributed by atoms with Crippen LogP contribution in [-0.2, 0) is 16.0 Å². The van der Waals surface area contributed by atoms with E-state index in [1.807, 2.05) is 0 Å². The molecule has 0 radical (unpaired) electrons. The molecular weight excluding hydrogens is 362 g/mol. The van der Waals surface area contributed by atoms with Gasteiger partial charge in [-0.2, -0.15) is 4.98 Å². The molecule has 0 saturated heterocycles. The lowest BCUT2D eigenvalue weighted by molar-refractivity contribution is -0.115. The molecule has 0 saturated carbocycles. The van der Waals surface area contributed by atoms with E-state index in [1.54, 1.807) is 62.6 Å². The van der Waals surface area contributed by atoms with Crippen LogP contribution in [-0.4, -0.2) is 35.7 Å². The molecule has 0 atom stereocenters. The smallest absolute Gasteiger partial charge is 0.340 e. The monoisotopic (exact) mass is 381 g/mol. The topological polar surface area (TPSA) is 104 Å². The van der Waals surface area contributed by atoms with Crippen LogP contribution in [0.2, 0.25) is 0 Å². The quantitative estimate of drug-likeness (QED) is 0.627.